The van der Waals surface area contributed by atoms with Crippen molar-refractivity contribution in [3.8, 4) is 0 Å². The molecule has 3 aromatic rings. The van der Waals surface area contributed by atoms with Crippen molar-refractivity contribution in [1.29, 1.82) is 0 Å². The van der Waals surface area contributed by atoms with Crippen LogP contribution in [-0.2, 0) is 26.7 Å². The van der Waals surface area contributed by atoms with Crippen LogP contribution < -0.4 is 10.2 Å². The predicted octanol–water partition coefficient (Wildman–Crippen LogP) is 4.09. The van der Waals surface area contributed by atoms with Crippen LogP contribution in [0.2, 0.25) is 0 Å². The molecule has 0 spiro atoms. The van der Waals surface area contributed by atoms with Crippen LogP contribution >= 0.6 is 11.5 Å². The summed E-state index contributed by atoms with van der Waals surface area (Å²) in [6.45, 7) is 11.7. The molecule has 10 heteroatoms. The van der Waals surface area contributed by atoms with Gasteiger partial charge in [-0.15, -0.1) is 0 Å². The second-order valence-corrected chi connectivity index (χ2v) is 12.5. The first-order valence-corrected chi connectivity index (χ1v) is 14.7. The number of aryl methyl sites for hydroxylation is 1. The smallest absolute Gasteiger partial charge is 0.261 e. The SMILES string of the molecule is CS(=O)(=O)O.Cc1cc(CCN2CCN(c3nsc4ccccc34)CC2)cc2c1NC(=O)CC2(C)C. The molecule has 2 aromatic carbocycles. The molecular formula is C26H34N4O4S2. The van der Waals surface area contributed by atoms with E-state index in [-0.39, 0.29) is 11.3 Å². The number of piperazine rings is 1. The number of nitrogens with one attached hydrogen (secondary N) is 1. The lowest BCUT2D eigenvalue weighted by molar-refractivity contribution is -0.117. The molecule has 0 aliphatic carbocycles. The van der Waals surface area contributed by atoms with Gasteiger partial charge in [-0.05, 0) is 53.7 Å². The highest BCUT2D eigenvalue weighted by atomic mass is 32.2. The third kappa shape index (κ3) is 6.42. The van der Waals surface area contributed by atoms with Crippen LogP contribution in [-0.4, -0.2) is 67.1 Å². The van der Waals surface area contributed by atoms with Crippen molar-refractivity contribution in [2.75, 3.05) is 49.2 Å². The quantitative estimate of drug-likeness (QED) is 0.490. The minimum atomic E-state index is -3.67. The van der Waals surface area contributed by atoms with Crippen molar-refractivity contribution in [1.82, 2.24) is 9.27 Å². The van der Waals surface area contributed by atoms with E-state index in [1.54, 1.807) is 11.5 Å². The molecule has 1 saturated heterocycles. The number of carbonyl (C=O) groups is 1. The van der Waals surface area contributed by atoms with Gasteiger partial charge in [0.25, 0.3) is 10.1 Å². The molecule has 1 amide bonds. The number of anilines is 2. The zero-order valence-corrected chi connectivity index (χ0v) is 22.9. The second-order valence-electron chi connectivity index (χ2n) is 10.3. The van der Waals surface area contributed by atoms with Gasteiger partial charge < -0.3 is 10.2 Å². The lowest BCUT2D eigenvalue weighted by Gasteiger charge is -2.35. The number of carbonyl (C=O) groups excluding carboxylic acids is 1. The minimum absolute atomic E-state index is 0.111. The van der Waals surface area contributed by atoms with E-state index < -0.39 is 10.1 Å². The van der Waals surface area contributed by atoms with Gasteiger partial charge >= 0.3 is 0 Å². The summed E-state index contributed by atoms with van der Waals surface area (Å²) in [6, 6.07) is 13.1. The lowest BCUT2D eigenvalue weighted by Crippen LogP contribution is -2.47. The molecule has 2 N–H and O–H groups in total. The van der Waals surface area contributed by atoms with Crippen LogP contribution in [0, 0.1) is 6.92 Å². The zero-order valence-electron chi connectivity index (χ0n) is 21.2. The number of hydrogen-bond donors (Lipinski definition) is 2. The molecule has 3 heterocycles. The van der Waals surface area contributed by atoms with E-state index >= 15 is 0 Å². The second kappa shape index (κ2) is 10.5. The Bertz CT molecular complexity index is 1350. The van der Waals surface area contributed by atoms with Gasteiger partial charge in [-0.25, -0.2) is 0 Å². The third-order valence-electron chi connectivity index (χ3n) is 6.74. The Labute approximate surface area is 217 Å². The van der Waals surface area contributed by atoms with E-state index in [1.807, 2.05) is 0 Å². The molecule has 36 heavy (non-hydrogen) atoms. The third-order valence-corrected chi connectivity index (χ3v) is 7.56. The highest BCUT2D eigenvalue weighted by Gasteiger charge is 2.33. The molecule has 2 aliphatic rings. The van der Waals surface area contributed by atoms with Crippen molar-refractivity contribution < 1.29 is 17.8 Å². The van der Waals surface area contributed by atoms with Crippen LogP contribution in [0.4, 0.5) is 11.5 Å². The minimum Gasteiger partial charge on any atom is -0.353 e. The van der Waals surface area contributed by atoms with Crippen molar-refractivity contribution >= 4 is 49.1 Å². The van der Waals surface area contributed by atoms with Crippen LogP contribution in [0.15, 0.2) is 36.4 Å². The summed E-state index contributed by atoms with van der Waals surface area (Å²) in [5.41, 5.74) is 4.74. The number of aromatic nitrogens is 1. The summed E-state index contributed by atoms with van der Waals surface area (Å²) in [6.07, 6.45) is 2.31. The summed E-state index contributed by atoms with van der Waals surface area (Å²) in [7, 11) is -3.67. The topological polar surface area (TPSA) is 103 Å². The maximum Gasteiger partial charge on any atom is 0.261 e. The Morgan fingerprint density at radius 3 is 2.50 bits per heavy atom. The monoisotopic (exact) mass is 530 g/mol. The Kier molecular flexibility index (Phi) is 7.70. The summed E-state index contributed by atoms with van der Waals surface area (Å²) in [4.78, 5) is 17.1. The Morgan fingerprint density at radius 2 is 1.81 bits per heavy atom. The van der Waals surface area contributed by atoms with Crippen LogP contribution in [0.25, 0.3) is 10.1 Å². The summed E-state index contributed by atoms with van der Waals surface area (Å²) < 4.78 is 31.9. The molecule has 8 nitrogen and oxygen atoms in total. The molecule has 0 atom stereocenters. The number of fused-ring (bicyclic) bond motifs is 2. The van der Waals surface area contributed by atoms with E-state index in [2.05, 4.69) is 72.3 Å². The number of amides is 1. The summed E-state index contributed by atoms with van der Waals surface area (Å²) >= 11 is 1.60. The zero-order chi connectivity index (χ0) is 26.1. The highest BCUT2D eigenvalue weighted by Crippen LogP contribution is 2.39. The largest absolute Gasteiger partial charge is 0.353 e. The fourth-order valence-electron chi connectivity index (χ4n) is 4.96. The Morgan fingerprint density at radius 1 is 1.14 bits per heavy atom. The van der Waals surface area contributed by atoms with E-state index in [4.69, 9.17) is 8.93 Å². The molecular weight excluding hydrogens is 496 g/mol. The first-order valence-electron chi connectivity index (χ1n) is 12.1. The number of nitrogens with zero attached hydrogens (tertiary/aromatic N) is 3. The van der Waals surface area contributed by atoms with Gasteiger partial charge in [-0.2, -0.15) is 12.8 Å². The van der Waals surface area contributed by atoms with Gasteiger partial charge in [-0.3, -0.25) is 14.2 Å². The predicted molar refractivity (Wildman–Crippen MR) is 147 cm³/mol. The standard InChI is InChI=1S/C25H30N4OS.CH4O3S/c1-17-14-18(15-20-23(17)26-22(30)16-25(20,2)3)8-9-28-10-12-29(13-11-28)24-19-6-4-5-7-21(19)31-27-24;1-5(2,3)4/h4-7,14-15H,8-13,16H2,1-3H3,(H,26,30);1H3,(H,2,3,4). The molecule has 2 aliphatic heterocycles. The molecule has 5 rings (SSSR count). The van der Waals surface area contributed by atoms with Crippen LogP contribution in [0.3, 0.4) is 0 Å². The average molecular weight is 531 g/mol. The van der Waals surface area contributed by atoms with Gasteiger partial charge in [0, 0.05) is 55.6 Å². The Hall–Kier alpha value is -2.53. The molecule has 1 aromatic heterocycles. The van der Waals surface area contributed by atoms with E-state index in [9.17, 15) is 13.2 Å². The highest BCUT2D eigenvalue weighted by molar-refractivity contribution is 7.85. The van der Waals surface area contributed by atoms with Gasteiger partial charge in [0.1, 0.15) is 5.82 Å². The van der Waals surface area contributed by atoms with Gasteiger partial charge in [0.2, 0.25) is 5.91 Å². The Balaban J connectivity index is 0.000000556. The molecule has 0 unspecified atom stereocenters. The van der Waals surface area contributed by atoms with E-state index in [0.29, 0.717) is 12.7 Å². The van der Waals surface area contributed by atoms with Gasteiger partial charge in [0.05, 0.1) is 11.0 Å². The van der Waals surface area contributed by atoms with E-state index in [0.717, 1.165) is 50.6 Å². The number of hydrogen-bond acceptors (Lipinski definition) is 7. The summed E-state index contributed by atoms with van der Waals surface area (Å²) in [5.74, 6) is 1.27. The van der Waals surface area contributed by atoms with Crippen LogP contribution in [0.1, 0.15) is 37.0 Å². The first-order chi connectivity index (χ1) is 16.9. The van der Waals surface area contributed by atoms with Crippen LogP contribution in [0.5, 0.6) is 0 Å². The fourth-order valence-corrected chi connectivity index (χ4v) is 5.75. The van der Waals surface area contributed by atoms with Crippen molar-refractivity contribution in [3.05, 3.63) is 53.1 Å². The van der Waals surface area contributed by atoms with Crippen molar-refractivity contribution in [2.45, 2.75) is 39.0 Å². The van der Waals surface area contributed by atoms with Crippen molar-refractivity contribution in [2.24, 2.45) is 0 Å². The first kappa shape index (κ1) is 26.5. The van der Waals surface area contributed by atoms with Gasteiger partial charge in [0.15, 0.2) is 0 Å². The van der Waals surface area contributed by atoms with E-state index in [1.165, 1.54) is 26.8 Å². The lowest BCUT2D eigenvalue weighted by atomic mass is 9.76. The summed E-state index contributed by atoms with van der Waals surface area (Å²) in [5, 5.41) is 4.37. The average Bonchev–Trinajstić information content (AvgIpc) is 3.21. The van der Waals surface area contributed by atoms with Gasteiger partial charge in [-0.1, -0.05) is 38.1 Å². The number of benzene rings is 2. The maximum absolute atomic E-state index is 12.1. The maximum atomic E-state index is 12.1. The van der Waals surface area contributed by atoms with Crippen molar-refractivity contribution in [3.63, 3.8) is 0 Å². The normalized spacial score (nSPS) is 17.8. The fraction of sp³-hybridized carbons (Fsp3) is 0.462. The number of rotatable bonds is 4. The molecule has 0 bridgehead atoms. The molecule has 194 valence electrons. The molecule has 0 radical (unpaired) electrons. The molecule has 1 fully saturated rings. The molecule has 0 saturated carbocycles.